The first-order valence-electron chi connectivity index (χ1n) is 12.3. The summed E-state index contributed by atoms with van der Waals surface area (Å²) >= 11 is 5.44. The van der Waals surface area contributed by atoms with Gasteiger partial charge < -0.3 is 19.8 Å². The van der Waals surface area contributed by atoms with Crippen LogP contribution in [0.5, 0.6) is 0 Å². The third-order valence-electron chi connectivity index (χ3n) is 8.05. The van der Waals surface area contributed by atoms with Crippen molar-refractivity contribution in [3.63, 3.8) is 0 Å². The number of β-amino-alcohol motifs (C(OH)–C–C–N with tert-alkyl or cyclic N) is 1. The minimum absolute atomic E-state index is 0.0412. The Morgan fingerprint density at radius 1 is 1.21 bits per heavy atom. The van der Waals surface area contributed by atoms with E-state index in [1.165, 1.54) is 6.42 Å². The van der Waals surface area contributed by atoms with Crippen LogP contribution < -0.4 is 0 Å². The average Bonchev–Trinajstić information content (AvgIpc) is 3.41. The fraction of sp³-hybridized carbons (Fsp3) is 0.720. The van der Waals surface area contributed by atoms with Crippen molar-refractivity contribution in [2.24, 2.45) is 11.8 Å². The van der Waals surface area contributed by atoms with Crippen molar-refractivity contribution in [2.45, 2.75) is 65.4 Å². The maximum absolute atomic E-state index is 14.3. The van der Waals surface area contributed by atoms with Gasteiger partial charge in [-0.25, -0.2) is 0 Å². The number of hydrogen-bond acceptors (Lipinski definition) is 5. The molecule has 1 aliphatic carbocycles. The molecule has 0 aromatic carbocycles. The molecule has 3 unspecified atom stereocenters. The predicted octanol–water partition coefficient (Wildman–Crippen LogP) is 2.44. The largest absolute Gasteiger partial charge is 0.395 e. The first-order valence-corrected chi connectivity index (χ1v) is 14.1. The highest BCUT2D eigenvalue weighted by Crippen LogP contribution is 2.68. The van der Waals surface area contributed by atoms with E-state index in [9.17, 15) is 19.5 Å². The van der Waals surface area contributed by atoms with Gasteiger partial charge in [-0.3, -0.25) is 14.4 Å². The van der Waals surface area contributed by atoms with Crippen LogP contribution in [0.3, 0.4) is 0 Å². The minimum atomic E-state index is -0.684. The van der Waals surface area contributed by atoms with Crippen molar-refractivity contribution >= 4 is 45.4 Å². The zero-order chi connectivity index (χ0) is 24.6. The van der Waals surface area contributed by atoms with Crippen molar-refractivity contribution in [3.05, 3.63) is 25.3 Å². The van der Waals surface area contributed by atoms with Gasteiger partial charge in [0.1, 0.15) is 6.04 Å². The summed E-state index contributed by atoms with van der Waals surface area (Å²) in [5.74, 6) is -1.37. The first kappa shape index (κ1) is 25.8. The van der Waals surface area contributed by atoms with E-state index in [-0.39, 0.29) is 47.0 Å². The Morgan fingerprint density at radius 2 is 1.88 bits per heavy atom. The average molecular weight is 555 g/mol. The fourth-order valence-corrected chi connectivity index (χ4v) is 10.3. The smallest absolute Gasteiger partial charge is 0.247 e. The fourth-order valence-electron chi connectivity index (χ4n) is 6.69. The standard InChI is InChI=1S/C25H36BrN3O4S/c1-4-11-27(3)22(31)18-19-23(32)29(13-14-30)21(25(19)15-17(26)20(18)34-25)24(33)28(12-5-2)16-9-7-6-8-10-16/h4-5,16-21,30H,1-2,6-15H2,3H3/t17?,18-,19+,20-,21?,25?/m1/s1. The first-order chi connectivity index (χ1) is 16.3. The van der Waals surface area contributed by atoms with Gasteiger partial charge in [-0.1, -0.05) is 47.3 Å². The van der Waals surface area contributed by atoms with Gasteiger partial charge in [-0.05, 0) is 19.3 Å². The number of nitrogens with zero attached hydrogens (tertiary/aromatic N) is 3. The maximum atomic E-state index is 14.3. The Bertz CT molecular complexity index is 850. The molecule has 3 saturated heterocycles. The molecule has 0 aromatic heterocycles. The van der Waals surface area contributed by atoms with Gasteiger partial charge in [0.25, 0.3) is 0 Å². The molecule has 34 heavy (non-hydrogen) atoms. The van der Waals surface area contributed by atoms with Crippen LogP contribution >= 0.6 is 27.7 Å². The minimum Gasteiger partial charge on any atom is -0.395 e. The van der Waals surface area contributed by atoms with Crippen LogP contribution in [0.15, 0.2) is 25.3 Å². The number of rotatable bonds is 9. The summed E-state index contributed by atoms with van der Waals surface area (Å²) in [7, 11) is 1.74. The van der Waals surface area contributed by atoms with Crippen LogP contribution in [-0.4, -0.2) is 97.7 Å². The third-order valence-corrected chi connectivity index (χ3v) is 11.3. The monoisotopic (exact) mass is 553 g/mol. The van der Waals surface area contributed by atoms with E-state index in [1.807, 2.05) is 4.90 Å². The molecule has 3 amide bonds. The van der Waals surface area contributed by atoms with Crippen molar-refractivity contribution < 1.29 is 19.5 Å². The molecule has 3 heterocycles. The number of likely N-dealkylation sites (N-methyl/N-ethyl adjacent to an activating group) is 1. The number of carbonyl (C=O) groups is 3. The highest BCUT2D eigenvalue weighted by Gasteiger charge is 2.76. The van der Waals surface area contributed by atoms with Crippen LogP contribution in [0.4, 0.5) is 0 Å². The number of fused-ring (bicyclic) bond motifs is 1. The Kier molecular flexibility index (Phi) is 7.84. The highest BCUT2D eigenvalue weighted by atomic mass is 79.9. The van der Waals surface area contributed by atoms with E-state index in [4.69, 9.17) is 0 Å². The summed E-state index contributed by atoms with van der Waals surface area (Å²) in [5.41, 5.74) is 0. The molecule has 7 nitrogen and oxygen atoms in total. The molecule has 0 aromatic rings. The lowest BCUT2D eigenvalue weighted by Crippen LogP contribution is -2.58. The van der Waals surface area contributed by atoms with Crippen LogP contribution in [0, 0.1) is 11.8 Å². The molecule has 4 aliphatic rings. The van der Waals surface area contributed by atoms with Crippen molar-refractivity contribution in [1.82, 2.24) is 14.7 Å². The molecule has 6 atom stereocenters. The summed E-state index contributed by atoms with van der Waals surface area (Å²) in [6.45, 7) is 8.35. The number of amides is 3. The number of aliphatic hydroxyl groups excluding tert-OH is 1. The molecule has 4 rings (SSSR count). The van der Waals surface area contributed by atoms with E-state index < -0.39 is 22.6 Å². The van der Waals surface area contributed by atoms with E-state index in [0.29, 0.717) is 19.5 Å². The van der Waals surface area contributed by atoms with E-state index >= 15 is 0 Å². The lowest BCUT2D eigenvalue weighted by atomic mass is 9.70. The number of carbonyl (C=O) groups excluding carboxylic acids is 3. The second-order valence-corrected chi connectivity index (χ2v) is 12.7. The van der Waals surface area contributed by atoms with Crippen molar-refractivity contribution in [3.8, 4) is 0 Å². The topological polar surface area (TPSA) is 81.2 Å². The quantitative estimate of drug-likeness (QED) is 0.350. The molecule has 4 fully saturated rings. The molecule has 1 spiro atoms. The van der Waals surface area contributed by atoms with E-state index in [2.05, 4.69) is 29.1 Å². The molecule has 3 aliphatic heterocycles. The van der Waals surface area contributed by atoms with Gasteiger partial charge in [0, 0.05) is 42.8 Å². The van der Waals surface area contributed by atoms with E-state index in [1.54, 1.807) is 40.8 Å². The Labute approximate surface area is 215 Å². The van der Waals surface area contributed by atoms with Gasteiger partial charge in [0.2, 0.25) is 17.7 Å². The van der Waals surface area contributed by atoms with E-state index in [0.717, 1.165) is 25.7 Å². The number of hydrogen-bond donors (Lipinski definition) is 1. The Morgan fingerprint density at radius 3 is 2.50 bits per heavy atom. The van der Waals surface area contributed by atoms with Crippen molar-refractivity contribution in [2.75, 3.05) is 33.3 Å². The number of aliphatic hydroxyl groups is 1. The zero-order valence-electron chi connectivity index (χ0n) is 19.9. The lowest BCUT2D eigenvalue weighted by molar-refractivity contribution is -0.145. The van der Waals surface area contributed by atoms with Crippen LogP contribution in [0.1, 0.15) is 38.5 Å². The highest BCUT2D eigenvalue weighted by molar-refractivity contribution is 9.09. The van der Waals surface area contributed by atoms with Crippen LogP contribution in [0.25, 0.3) is 0 Å². The maximum Gasteiger partial charge on any atom is 0.247 e. The summed E-state index contributed by atoms with van der Waals surface area (Å²) in [6.07, 6.45) is 9.38. The van der Waals surface area contributed by atoms with Gasteiger partial charge >= 0.3 is 0 Å². The second-order valence-electron chi connectivity index (χ2n) is 10.00. The summed E-state index contributed by atoms with van der Waals surface area (Å²) in [5, 5.41) is 9.75. The number of halogens is 1. The Balaban J connectivity index is 1.73. The number of thioether (sulfide) groups is 1. The lowest BCUT2D eigenvalue weighted by Gasteiger charge is -2.41. The Hall–Kier alpha value is -1.32. The molecular formula is C25H36BrN3O4S. The predicted molar refractivity (Wildman–Crippen MR) is 138 cm³/mol. The number of likely N-dealkylation sites (tertiary alicyclic amines) is 1. The third kappa shape index (κ3) is 4.05. The summed E-state index contributed by atoms with van der Waals surface area (Å²) in [4.78, 5) is 46.8. The van der Waals surface area contributed by atoms with Gasteiger partial charge in [0.15, 0.2) is 0 Å². The molecule has 1 saturated carbocycles. The number of alkyl halides is 1. The summed E-state index contributed by atoms with van der Waals surface area (Å²) < 4.78 is -0.675. The normalized spacial score (nSPS) is 34.7. The second kappa shape index (κ2) is 10.3. The molecule has 9 heteroatoms. The van der Waals surface area contributed by atoms with Crippen molar-refractivity contribution in [1.29, 1.82) is 0 Å². The van der Waals surface area contributed by atoms with Gasteiger partial charge in [0.05, 0.1) is 23.2 Å². The SMILES string of the molecule is C=CCN(C)C(=O)[C@H]1[C@@H]2SC3(CC2Br)C(C(=O)N(CC=C)C2CCCCC2)N(CCO)C(=O)[C@H]13. The molecule has 1 N–H and O–H groups in total. The molecule has 2 bridgehead atoms. The van der Waals surface area contributed by atoms with Gasteiger partial charge in [-0.2, -0.15) is 0 Å². The van der Waals surface area contributed by atoms with Crippen LogP contribution in [-0.2, 0) is 14.4 Å². The molecule has 188 valence electrons. The molecule has 0 radical (unpaired) electrons. The summed E-state index contributed by atoms with van der Waals surface area (Å²) in [6, 6.07) is -0.545. The van der Waals surface area contributed by atoms with Crippen LogP contribution in [0.2, 0.25) is 0 Å². The molecular weight excluding hydrogens is 518 g/mol. The zero-order valence-corrected chi connectivity index (χ0v) is 22.3. The van der Waals surface area contributed by atoms with Gasteiger partial charge in [-0.15, -0.1) is 24.9 Å².